The molecule has 2 aliphatic heterocycles. The van der Waals surface area contributed by atoms with E-state index in [0.717, 1.165) is 28.6 Å². The quantitative estimate of drug-likeness (QED) is 0.340. The number of carbonyl (C=O) groups excluding carboxylic acids is 3. The highest BCUT2D eigenvalue weighted by atomic mass is 79.9. The summed E-state index contributed by atoms with van der Waals surface area (Å²) in [6.45, 7) is 1.75. The number of amides is 3. The number of likely N-dealkylation sites (tertiary alicyclic amines) is 1. The van der Waals surface area contributed by atoms with Crippen molar-refractivity contribution in [1.29, 1.82) is 0 Å². The van der Waals surface area contributed by atoms with Gasteiger partial charge in [0.15, 0.2) is 5.78 Å². The molecule has 1 saturated carbocycles. The number of nitrogens with one attached hydrogen (secondary N) is 1. The number of fused-ring (bicyclic) bond motifs is 1. The first-order valence-electron chi connectivity index (χ1n) is 11.2. The van der Waals surface area contributed by atoms with Crippen LogP contribution in [-0.2, 0) is 11.3 Å². The predicted octanol–water partition coefficient (Wildman–Crippen LogP) is 5.41. The molecule has 3 amide bonds. The van der Waals surface area contributed by atoms with Crippen LogP contribution in [0.25, 0.3) is 0 Å². The second kappa shape index (κ2) is 9.28. The molecular formula is C24H23Br3N4O3. The fourth-order valence-electron chi connectivity index (χ4n) is 4.88. The molecule has 2 fully saturated rings. The maximum Gasteiger partial charge on any atom is 0.322 e. The van der Waals surface area contributed by atoms with Crippen molar-refractivity contribution in [2.75, 3.05) is 24.1 Å². The summed E-state index contributed by atoms with van der Waals surface area (Å²) in [5.74, 6) is -0.524. The fourth-order valence-corrected chi connectivity index (χ4v) is 6.48. The Morgan fingerprint density at radius 3 is 2.35 bits per heavy atom. The van der Waals surface area contributed by atoms with E-state index in [1.807, 2.05) is 28.0 Å². The van der Waals surface area contributed by atoms with E-state index in [1.54, 1.807) is 12.1 Å². The number of rotatable bonds is 4. The van der Waals surface area contributed by atoms with Crippen molar-refractivity contribution in [1.82, 2.24) is 9.80 Å². The van der Waals surface area contributed by atoms with Crippen molar-refractivity contribution in [3.63, 3.8) is 0 Å². The van der Waals surface area contributed by atoms with Crippen LogP contribution in [0.1, 0.15) is 35.2 Å². The van der Waals surface area contributed by atoms with Gasteiger partial charge in [0.05, 0.1) is 5.69 Å². The molecule has 34 heavy (non-hydrogen) atoms. The Hall–Kier alpha value is -1.91. The molecule has 3 aliphatic rings. The van der Waals surface area contributed by atoms with Gasteiger partial charge >= 0.3 is 6.03 Å². The zero-order chi connectivity index (χ0) is 24.1. The third-order valence-corrected chi connectivity index (χ3v) is 8.74. The summed E-state index contributed by atoms with van der Waals surface area (Å²) in [6, 6.07) is 9.28. The van der Waals surface area contributed by atoms with Gasteiger partial charge in [0.1, 0.15) is 0 Å². The van der Waals surface area contributed by atoms with Crippen molar-refractivity contribution >= 4 is 76.9 Å². The molecule has 3 N–H and O–H groups in total. The molecule has 1 saturated heterocycles. The molecule has 0 bridgehead atoms. The van der Waals surface area contributed by atoms with E-state index < -0.39 is 0 Å². The minimum absolute atomic E-state index is 0.0237. The maximum atomic E-state index is 13.1. The lowest BCUT2D eigenvalue weighted by Gasteiger charge is -2.40. The number of urea groups is 1. The van der Waals surface area contributed by atoms with Crippen LogP contribution < -0.4 is 11.1 Å². The lowest BCUT2D eigenvalue weighted by Crippen LogP contribution is -2.51. The topological polar surface area (TPSA) is 95.7 Å². The first-order chi connectivity index (χ1) is 16.2. The number of carbonyl (C=O) groups is 3. The summed E-state index contributed by atoms with van der Waals surface area (Å²) in [6.07, 6.45) is 2.04. The molecule has 2 aromatic carbocycles. The Kier molecular flexibility index (Phi) is 6.50. The van der Waals surface area contributed by atoms with E-state index in [9.17, 15) is 14.4 Å². The molecule has 7 nitrogen and oxygen atoms in total. The number of ketones is 1. The van der Waals surface area contributed by atoms with E-state index in [4.69, 9.17) is 5.73 Å². The number of anilines is 2. The number of halogens is 3. The molecule has 0 aromatic heterocycles. The Balaban J connectivity index is 1.18. The number of hydrogen-bond acceptors (Lipinski definition) is 4. The highest BCUT2D eigenvalue weighted by Crippen LogP contribution is 2.44. The molecule has 178 valence electrons. The smallest absolute Gasteiger partial charge is 0.322 e. The van der Waals surface area contributed by atoms with E-state index in [0.29, 0.717) is 46.3 Å². The molecule has 0 unspecified atom stereocenters. The predicted molar refractivity (Wildman–Crippen MR) is 140 cm³/mol. The van der Waals surface area contributed by atoms with Crippen LogP contribution in [0.2, 0.25) is 0 Å². The molecule has 0 spiro atoms. The van der Waals surface area contributed by atoms with Gasteiger partial charge in [-0.3, -0.25) is 9.59 Å². The summed E-state index contributed by atoms with van der Waals surface area (Å²) in [5, 5.41) is 2.98. The van der Waals surface area contributed by atoms with Gasteiger partial charge in [-0.1, -0.05) is 15.9 Å². The first-order valence-corrected chi connectivity index (χ1v) is 13.5. The summed E-state index contributed by atoms with van der Waals surface area (Å²) in [4.78, 5) is 42.4. The van der Waals surface area contributed by atoms with Crippen LogP contribution in [0.15, 0.2) is 43.7 Å². The van der Waals surface area contributed by atoms with Gasteiger partial charge in [0, 0.05) is 62.2 Å². The monoisotopic (exact) mass is 652 g/mol. The normalized spacial score (nSPS) is 22.3. The second-order valence-corrected chi connectivity index (χ2v) is 11.7. The van der Waals surface area contributed by atoms with Gasteiger partial charge in [-0.2, -0.15) is 0 Å². The van der Waals surface area contributed by atoms with E-state index in [2.05, 4.69) is 53.1 Å². The van der Waals surface area contributed by atoms with Crippen molar-refractivity contribution in [3.05, 3.63) is 54.9 Å². The van der Waals surface area contributed by atoms with E-state index in [1.165, 1.54) is 0 Å². The Morgan fingerprint density at radius 2 is 1.68 bits per heavy atom. The van der Waals surface area contributed by atoms with Crippen LogP contribution in [0, 0.1) is 11.8 Å². The summed E-state index contributed by atoms with van der Waals surface area (Å²) in [7, 11) is 0. The maximum absolute atomic E-state index is 13.1. The zero-order valence-corrected chi connectivity index (χ0v) is 22.9. The third kappa shape index (κ3) is 4.52. The molecule has 5 rings (SSSR count). The van der Waals surface area contributed by atoms with Crippen LogP contribution in [0.4, 0.5) is 16.2 Å². The molecule has 1 aliphatic carbocycles. The summed E-state index contributed by atoms with van der Waals surface area (Å²) >= 11 is 10.3. The lowest BCUT2D eigenvalue weighted by molar-refractivity contribution is -0.134. The number of nitrogens with two attached hydrogens (primary N) is 1. The molecule has 2 aromatic rings. The largest absolute Gasteiger partial charge is 0.397 e. The SMILES string of the molecule is Nc1c(Br)cc(C(=O)[C@@H]2C[C@H]2C(=O)N2CCC(N3Cc4cc(Br)ccc4NC3=O)CC2)cc1Br. The van der Waals surface area contributed by atoms with Gasteiger partial charge in [0.25, 0.3) is 0 Å². The summed E-state index contributed by atoms with van der Waals surface area (Å²) < 4.78 is 2.30. The van der Waals surface area contributed by atoms with Gasteiger partial charge in [-0.05, 0) is 87.0 Å². The van der Waals surface area contributed by atoms with Gasteiger partial charge in [-0.15, -0.1) is 0 Å². The van der Waals surface area contributed by atoms with E-state index in [-0.39, 0.29) is 35.6 Å². The Morgan fingerprint density at radius 1 is 1.00 bits per heavy atom. The standard InChI is InChI=1S/C24H23Br3N4O3/c25-14-1-2-20-13(7-14)11-31(24(34)29-20)15-3-5-30(6-4-15)23(33)17-10-16(17)22(32)12-8-18(26)21(28)19(27)9-12/h1-2,7-9,15-17H,3-6,10-11,28H2,(H,29,34)/t16-,17-/m1/s1. The molecule has 10 heteroatoms. The van der Waals surface area contributed by atoms with Gasteiger partial charge in [-0.25, -0.2) is 4.79 Å². The number of piperidine rings is 1. The van der Waals surface area contributed by atoms with E-state index >= 15 is 0 Å². The van der Waals surface area contributed by atoms with Crippen molar-refractivity contribution in [2.24, 2.45) is 11.8 Å². The number of hydrogen-bond donors (Lipinski definition) is 2. The van der Waals surface area contributed by atoms with Crippen LogP contribution in [0.3, 0.4) is 0 Å². The molecular weight excluding hydrogens is 632 g/mol. The number of nitrogens with zero attached hydrogens (tertiary/aromatic N) is 2. The fraction of sp³-hybridized carbons (Fsp3) is 0.375. The van der Waals surface area contributed by atoms with Gasteiger partial charge < -0.3 is 20.9 Å². The van der Waals surface area contributed by atoms with Crippen LogP contribution in [-0.4, -0.2) is 46.7 Å². The van der Waals surface area contributed by atoms with Crippen molar-refractivity contribution in [3.8, 4) is 0 Å². The number of nitrogen functional groups attached to an aromatic ring is 1. The highest BCUT2D eigenvalue weighted by Gasteiger charge is 2.50. The van der Waals surface area contributed by atoms with Crippen LogP contribution >= 0.6 is 47.8 Å². The molecule has 2 heterocycles. The third-order valence-electron chi connectivity index (χ3n) is 6.94. The zero-order valence-electron chi connectivity index (χ0n) is 18.2. The van der Waals surface area contributed by atoms with Crippen molar-refractivity contribution in [2.45, 2.75) is 31.8 Å². The van der Waals surface area contributed by atoms with Crippen LogP contribution in [0.5, 0.6) is 0 Å². The van der Waals surface area contributed by atoms with Crippen molar-refractivity contribution < 1.29 is 14.4 Å². The molecule has 2 atom stereocenters. The summed E-state index contributed by atoms with van der Waals surface area (Å²) in [5.41, 5.74) is 8.94. The average Bonchev–Trinajstić information content (AvgIpc) is 3.62. The number of Topliss-reactive ketones (excluding diaryl/α,β-unsaturated/α-hetero) is 1. The Labute approximate surface area is 222 Å². The average molecular weight is 655 g/mol. The lowest BCUT2D eigenvalue weighted by atomic mass is 10.00. The number of benzene rings is 2. The second-order valence-electron chi connectivity index (χ2n) is 9.08. The minimum atomic E-state index is -0.282. The van der Waals surface area contributed by atoms with Gasteiger partial charge in [0.2, 0.25) is 5.91 Å². The first kappa shape index (κ1) is 23.8. The Bertz CT molecular complexity index is 1170. The minimum Gasteiger partial charge on any atom is -0.397 e. The molecule has 0 radical (unpaired) electrons. The highest BCUT2D eigenvalue weighted by molar-refractivity contribution is 9.11.